The van der Waals surface area contributed by atoms with Gasteiger partial charge in [0.25, 0.3) is 0 Å². The fraction of sp³-hybridized carbons (Fsp3) is 0.133. The second-order valence-electron chi connectivity index (χ2n) is 4.30. The van der Waals surface area contributed by atoms with Gasteiger partial charge < -0.3 is 5.32 Å². The molecule has 0 atom stereocenters. The van der Waals surface area contributed by atoms with Gasteiger partial charge in [-0.25, -0.2) is 4.39 Å². The number of hydrogen-bond acceptors (Lipinski definition) is 1. The fourth-order valence-corrected chi connectivity index (χ4v) is 1.95. The van der Waals surface area contributed by atoms with E-state index in [1.165, 1.54) is 6.07 Å². The number of rotatable bonds is 3. The number of hydrogen-bond donors (Lipinski definition) is 1. The van der Waals surface area contributed by atoms with Crippen LogP contribution in [0.5, 0.6) is 0 Å². The molecule has 0 spiro atoms. The molecule has 4 heteroatoms. The largest absolute Gasteiger partial charge is 0.323 e. The lowest BCUT2D eigenvalue weighted by Crippen LogP contribution is -2.15. The van der Waals surface area contributed by atoms with Gasteiger partial charge in [-0.2, -0.15) is 0 Å². The minimum Gasteiger partial charge on any atom is -0.323 e. The van der Waals surface area contributed by atoms with E-state index in [1.54, 1.807) is 30.3 Å². The van der Waals surface area contributed by atoms with Crippen LogP contribution >= 0.6 is 11.6 Å². The highest BCUT2D eigenvalue weighted by atomic mass is 35.5. The molecule has 2 nitrogen and oxygen atoms in total. The lowest BCUT2D eigenvalue weighted by atomic mass is 10.1. The molecule has 1 N–H and O–H groups in total. The zero-order chi connectivity index (χ0) is 13.8. The highest BCUT2D eigenvalue weighted by molar-refractivity contribution is 6.31. The van der Waals surface area contributed by atoms with Gasteiger partial charge in [-0.3, -0.25) is 4.79 Å². The van der Waals surface area contributed by atoms with Crippen LogP contribution in [0.3, 0.4) is 0 Å². The van der Waals surface area contributed by atoms with Gasteiger partial charge in [-0.05, 0) is 36.2 Å². The maximum absolute atomic E-state index is 13.5. The first-order valence-corrected chi connectivity index (χ1v) is 6.23. The molecular weight excluding hydrogens is 265 g/mol. The number of nitrogens with one attached hydrogen (secondary N) is 1. The van der Waals surface area contributed by atoms with Crippen LogP contribution in [0.2, 0.25) is 5.02 Å². The molecule has 0 saturated carbocycles. The molecule has 0 heterocycles. The number of anilines is 1. The highest BCUT2D eigenvalue weighted by Gasteiger charge is 2.09. The minimum atomic E-state index is -0.446. The third kappa shape index (κ3) is 3.55. The molecule has 0 bridgehead atoms. The fourth-order valence-electron chi connectivity index (χ4n) is 1.74. The predicted octanol–water partition coefficient (Wildman–Crippen LogP) is 3.97. The molecule has 19 heavy (non-hydrogen) atoms. The zero-order valence-electron chi connectivity index (χ0n) is 10.4. The van der Waals surface area contributed by atoms with E-state index in [2.05, 4.69) is 5.32 Å². The van der Waals surface area contributed by atoms with Crippen molar-refractivity contribution in [1.82, 2.24) is 0 Å². The maximum atomic E-state index is 13.5. The monoisotopic (exact) mass is 277 g/mol. The molecule has 98 valence electrons. The van der Waals surface area contributed by atoms with Crippen LogP contribution in [-0.2, 0) is 11.2 Å². The maximum Gasteiger partial charge on any atom is 0.228 e. The summed E-state index contributed by atoms with van der Waals surface area (Å²) >= 11 is 5.97. The van der Waals surface area contributed by atoms with E-state index in [0.29, 0.717) is 5.02 Å². The average Bonchev–Trinajstić information content (AvgIpc) is 2.37. The summed E-state index contributed by atoms with van der Waals surface area (Å²) in [7, 11) is 0. The zero-order valence-corrected chi connectivity index (χ0v) is 11.2. The molecule has 0 unspecified atom stereocenters. The molecule has 1 amide bonds. The molecule has 2 aromatic carbocycles. The van der Waals surface area contributed by atoms with Crippen LogP contribution in [-0.4, -0.2) is 5.91 Å². The van der Waals surface area contributed by atoms with E-state index in [0.717, 1.165) is 11.1 Å². The molecule has 0 aromatic heterocycles. The van der Waals surface area contributed by atoms with Crippen molar-refractivity contribution in [3.63, 3.8) is 0 Å². The molecule has 0 radical (unpaired) electrons. The Labute approximate surface area is 116 Å². The van der Waals surface area contributed by atoms with Crippen molar-refractivity contribution < 1.29 is 9.18 Å². The Balaban J connectivity index is 2.10. The Morgan fingerprint density at radius 1 is 1.26 bits per heavy atom. The summed E-state index contributed by atoms with van der Waals surface area (Å²) in [6.45, 7) is 1.84. The normalized spacial score (nSPS) is 10.3. The summed E-state index contributed by atoms with van der Waals surface area (Å²) in [5, 5.41) is 3.08. The smallest absolute Gasteiger partial charge is 0.228 e. The van der Waals surface area contributed by atoms with Crippen LogP contribution in [0.25, 0.3) is 0 Å². The van der Waals surface area contributed by atoms with Crippen molar-refractivity contribution >= 4 is 23.2 Å². The van der Waals surface area contributed by atoms with Crippen LogP contribution in [0.4, 0.5) is 10.1 Å². The topological polar surface area (TPSA) is 29.1 Å². The Kier molecular flexibility index (Phi) is 4.17. The van der Waals surface area contributed by atoms with Crippen molar-refractivity contribution in [2.75, 3.05) is 5.32 Å². The SMILES string of the molecule is Cc1ccc(F)c(NC(=O)Cc2ccccc2Cl)c1. The summed E-state index contributed by atoms with van der Waals surface area (Å²) in [6.07, 6.45) is 0.118. The summed E-state index contributed by atoms with van der Waals surface area (Å²) in [6, 6.07) is 11.7. The first-order valence-electron chi connectivity index (χ1n) is 5.85. The first-order chi connectivity index (χ1) is 9.06. The van der Waals surface area contributed by atoms with Gasteiger partial charge in [-0.1, -0.05) is 35.9 Å². The third-order valence-corrected chi connectivity index (χ3v) is 3.07. The predicted molar refractivity (Wildman–Crippen MR) is 74.9 cm³/mol. The Morgan fingerprint density at radius 3 is 2.74 bits per heavy atom. The van der Waals surface area contributed by atoms with Crippen molar-refractivity contribution in [1.29, 1.82) is 0 Å². The highest BCUT2D eigenvalue weighted by Crippen LogP contribution is 2.18. The Morgan fingerprint density at radius 2 is 2.00 bits per heavy atom. The van der Waals surface area contributed by atoms with E-state index >= 15 is 0 Å². The summed E-state index contributed by atoms with van der Waals surface area (Å²) in [5.41, 5.74) is 1.79. The number of carbonyl (C=O) groups is 1. The summed E-state index contributed by atoms with van der Waals surface area (Å²) < 4.78 is 13.5. The van der Waals surface area contributed by atoms with Gasteiger partial charge >= 0.3 is 0 Å². The van der Waals surface area contributed by atoms with Gasteiger partial charge in [0.2, 0.25) is 5.91 Å². The second kappa shape index (κ2) is 5.85. The Bertz CT molecular complexity index is 613. The van der Waals surface area contributed by atoms with E-state index in [4.69, 9.17) is 11.6 Å². The van der Waals surface area contributed by atoms with Gasteiger partial charge in [0.1, 0.15) is 5.82 Å². The number of halogens is 2. The number of amides is 1. The van der Waals surface area contributed by atoms with E-state index < -0.39 is 5.82 Å². The molecular formula is C15H13ClFNO. The van der Waals surface area contributed by atoms with Gasteiger partial charge in [-0.15, -0.1) is 0 Å². The molecule has 0 aliphatic heterocycles. The van der Waals surface area contributed by atoms with E-state index in [1.807, 2.05) is 13.0 Å². The molecule has 0 saturated heterocycles. The first kappa shape index (κ1) is 13.6. The summed E-state index contributed by atoms with van der Waals surface area (Å²) in [5.74, 6) is -0.740. The number of carbonyl (C=O) groups excluding carboxylic acids is 1. The van der Waals surface area contributed by atoms with Gasteiger partial charge in [0.05, 0.1) is 12.1 Å². The number of aryl methyl sites for hydroxylation is 1. The molecule has 2 rings (SSSR count). The van der Waals surface area contributed by atoms with E-state index in [-0.39, 0.29) is 18.0 Å². The van der Waals surface area contributed by atoms with Crippen LogP contribution < -0.4 is 5.32 Å². The lowest BCUT2D eigenvalue weighted by Gasteiger charge is -2.08. The third-order valence-electron chi connectivity index (χ3n) is 2.70. The van der Waals surface area contributed by atoms with Crippen LogP contribution in [0.1, 0.15) is 11.1 Å². The molecule has 2 aromatic rings. The standard InChI is InChI=1S/C15H13ClFNO/c1-10-6-7-13(17)14(8-10)18-15(19)9-11-4-2-3-5-12(11)16/h2-8H,9H2,1H3,(H,18,19). The van der Waals surface area contributed by atoms with Gasteiger partial charge in [0.15, 0.2) is 0 Å². The van der Waals surface area contributed by atoms with Crippen LogP contribution in [0, 0.1) is 12.7 Å². The van der Waals surface area contributed by atoms with Crippen LogP contribution in [0.15, 0.2) is 42.5 Å². The van der Waals surface area contributed by atoms with Crippen molar-refractivity contribution in [3.8, 4) is 0 Å². The Hall–Kier alpha value is -1.87. The van der Waals surface area contributed by atoms with E-state index in [9.17, 15) is 9.18 Å². The van der Waals surface area contributed by atoms with Crippen molar-refractivity contribution in [2.24, 2.45) is 0 Å². The average molecular weight is 278 g/mol. The molecule has 0 fully saturated rings. The minimum absolute atomic E-state index is 0.118. The van der Waals surface area contributed by atoms with Gasteiger partial charge in [0, 0.05) is 5.02 Å². The quantitative estimate of drug-likeness (QED) is 0.904. The molecule has 0 aliphatic rings. The molecule has 0 aliphatic carbocycles. The lowest BCUT2D eigenvalue weighted by molar-refractivity contribution is -0.115. The number of benzene rings is 2. The van der Waals surface area contributed by atoms with Crippen molar-refractivity contribution in [3.05, 3.63) is 64.4 Å². The van der Waals surface area contributed by atoms with Crippen molar-refractivity contribution in [2.45, 2.75) is 13.3 Å². The second-order valence-corrected chi connectivity index (χ2v) is 4.71. The summed E-state index contributed by atoms with van der Waals surface area (Å²) in [4.78, 5) is 11.9.